The molecule has 1 aromatic carbocycles. The van der Waals surface area contributed by atoms with E-state index in [2.05, 4.69) is 20.2 Å². The summed E-state index contributed by atoms with van der Waals surface area (Å²) in [5.41, 5.74) is 1.41. The van der Waals surface area contributed by atoms with Crippen molar-refractivity contribution in [3.8, 4) is 17.2 Å². The van der Waals surface area contributed by atoms with Crippen molar-refractivity contribution >= 4 is 17.7 Å². The number of hydrogen-bond acceptors (Lipinski definition) is 8. The molecule has 2 aromatic rings. The van der Waals surface area contributed by atoms with E-state index < -0.39 is 0 Å². The first kappa shape index (κ1) is 21.5. The molecule has 0 spiro atoms. The third kappa shape index (κ3) is 4.50. The van der Waals surface area contributed by atoms with Gasteiger partial charge in [0.15, 0.2) is 11.5 Å². The standard InChI is InChI=1S/C21H29N5O4/c1-6-22-21-23-14(2)11-18(24-21)25-7-9-26(10-8-25)20(27)15-12-16(28-3)19(30-5)17(13-15)29-4/h11-13H,6-10H2,1-5H3,(H,22,23,24). The Morgan fingerprint density at radius 2 is 1.63 bits per heavy atom. The highest BCUT2D eigenvalue weighted by atomic mass is 16.5. The van der Waals surface area contributed by atoms with Crippen molar-refractivity contribution in [3.63, 3.8) is 0 Å². The Labute approximate surface area is 177 Å². The van der Waals surface area contributed by atoms with E-state index in [0.717, 1.165) is 18.1 Å². The molecule has 0 aliphatic carbocycles. The summed E-state index contributed by atoms with van der Waals surface area (Å²) >= 11 is 0. The van der Waals surface area contributed by atoms with Gasteiger partial charge in [0.05, 0.1) is 21.3 Å². The third-order valence-corrected chi connectivity index (χ3v) is 4.98. The van der Waals surface area contributed by atoms with Gasteiger partial charge in [0, 0.05) is 50.0 Å². The lowest BCUT2D eigenvalue weighted by Crippen LogP contribution is -2.49. The van der Waals surface area contributed by atoms with Crippen LogP contribution in [0, 0.1) is 6.92 Å². The van der Waals surface area contributed by atoms with E-state index in [1.54, 1.807) is 12.1 Å². The zero-order chi connectivity index (χ0) is 21.7. The maximum Gasteiger partial charge on any atom is 0.254 e. The van der Waals surface area contributed by atoms with Gasteiger partial charge in [-0.25, -0.2) is 4.98 Å². The van der Waals surface area contributed by atoms with Crippen LogP contribution in [0.5, 0.6) is 17.2 Å². The number of nitrogens with one attached hydrogen (secondary N) is 1. The van der Waals surface area contributed by atoms with Crippen LogP contribution in [0.1, 0.15) is 23.0 Å². The molecule has 1 aromatic heterocycles. The Kier molecular flexibility index (Phi) is 6.81. The monoisotopic (exact) mass is 415 g/mol. The smallest absolute Gasteiger partial charge is 0.254 e. The zero-order valence-corrected chi connectivity index (χ0v) is 18.2. The topological polar surface area (TPSA) is 89.1 Å². The molecule has 1 N–H and O–H groups in total. The molecule has 1 aliphatic heterocycles. The highest BCUT2D eigenvalue weighted by Gasteiger charge is 2.25. The number of rotatable bonds is 7. The summed E-state index contributed by atoms with van der Waals surface area (Å²) in [5.74, 6) is 2.83. The lowest BCUT2D eigenvalue weighted by molar-refractivity contribution is 0.0745. The highest BCUT2D eigenvalue weighted by molar-refractivity contribution is 5.95. The molecule has 162 valence electrons. The number of carbonyl (C=O) groups excluding carboxylic acids is 1. The molecule has 9 nitrogen and oxygen atoms in total. The number of aryl methyl sites for hydroxylation is 1. The van der Waals surface area contributed by atoms with Crippen LogP contribution < -0.4 is 24.4 Å². The van der Waals surface area contributed by atoms with Crippen LogP contribution >= 0.6 is 0 Å². The Morgan fingerprint density at radius 1 is 1.00 bits per heavy atom. The summed E-state index contributed by atoms with van der Waals surface area (Å²) in [4.78, 5) is 26.1. The number of methoxy groups -OCH3 is 3. The first-order chi connectivity index (χ1) is 14.5. The molecule has 0 atom stereocenters. The van der Waals surface area contributed by atoms with Gasteiger partial charge in [0.1, 0.15) is 5.82 Å². The fourth-order valence-electron chi connectivity index (χ4n) is 3.48. The largest absolute Gasteiger partial charge is 0.493 e. The first-order valence-corrected chi connectivity index (χ1v) is 9.94. The molecule has 3 rings (SSSR count). The average Bonchev–Trinajstić information content (AvgIpc) is 2.77. The van der Waals surface area contributed by atoms with E-state index in [0.29, 0.717) is 54.9 Å². The van der Waals surface area contributed by atoms with Crippen molar-refractivity contribution in [2.24, 2.45) is 0 Å². The van der Waals surface area contributed by atoms with E-state index in [1.807, 2.05) is 24.8 Å². The molecule has 1 fully saturated rings. The number of anilines is 2. The number of carbonyl (C=O) groups is 1. The van der Waals surface area contributed by atoms with Crippen LogP contribution in [-0.2, 0) is 0 Å². The van der Waals surface area contributed by atoms with Crippen LogP contribution in [-0.4, -0.2) is 74.8 Å². The van der Waals surface area contributed by atoms with Crippen LogP contribution in [0.25, 0.3) is 0 Å². The molecule has 2 heterocycles. The maximum atomic E-state index is 13.1. The van der Waals surface area contributed by atoms with Crippen LogP contribution in [0.3, 0.4) is 0 Å². The van der Waals surface area contributed by atoms with Crippen molar-refractivity contribution in [1.29, 1.82) is 0 Å². The number of aromatic nitrogens is 2. The van der Waals surface area contributed by atoms with Gasteiger partial charge in [-0.3, -0.25) is 4.79 Å². The fourth-order valence-corrected chi connectivity index (χ4v) is 3.48. The summed E-state index contributed by atoms with van der Waals surface area (Å²) in [7, 11) is 4.61. The quantitative estimate of drug-likeness (QED) is 0.736. The predicted molar refractivity (Wildman–Crippen MR) is 115 cm³/mol. The third-order valence-electron chi connectivity index (χ3n) is 4.98. The van der Waals surface area contributed by atoms with Gasteiger partial charge < -0.3 is 29.3 Å². The Balaban J connectivity index is 1.73. The van der Waals surface area contributed by atoms with Gasteiger partial charge in [-0.2, -0.15) is 4.98 Å². The fraction of sp³-hybridized carbons (Fsp3) is 0.476. The minimum Gasteiger partial charge on any atom is -0.493 e. The number of hydrogen-bond donors (Lipinski definition) is 1. The highest BCUT2D eigenvalue weighted by Crippen LogP contribution is 2.38. The zero-order valence-electron chi connectivity index (χ0n) is 18.2. The van der Waals surface area contributed by atoms with E-state index >= 15 is 0 Å². The maximum absolute atomic E-state index is 13.1. The SMILES string of the molecule is CCNc1nc(C)cc(N2CCN(C(=O)c3cc(OC)c(OC)c(OC)c3)CC2)n1. The second-order valence-corrected chi connectivity index (χ2v) is 6.91. The summed E-state index contributed by atoms with van der Waals surface area (Å²) in [6.45, 7) is 7.30. The van der Waals surface area contributed by atoms with Gasteiger partial charge >= 0.3 is 0 Å². The van der Waals surface area contributed by atoms with Gasteiger partial charge in [-0.05, 0) is 26.0 Å². The molecular weight excluding hydrogens is 386 g/mol. The Morgan fingerprint density at radius 3 is 2.17 bits per heavy atom. The Bertz CT molecular complexity index is 872. The van der Waals surface area contributed by atoms with E-state index in [1.165, 1.54) is 21.3 Å². The van der Waals surface area contributed by atoms with Crippen molar-refractivity contribution < 1.29 is 19.0 Å². The summed E-state index contributed by atoms with van der Waals surface area (Å²) in [5, 5.41) is 3.16. The molecule has 1 amide bonds. The minimum atomic E-state index is -0.0684. The number of ether oxygens (including phenoxy) is 3. The minimum absolute atomic E-state index is 0.0684. The van der Waals surface area contributed by atoms with E-state index in [9.17, 15) is 4.79 Å². The average molecular weight is 415 g/mol. The molecule has 1 saturated heterocycles. The molecule has 0 bridgehead atoms. The van der Waals surface area contributed by atoms with Gasteiger partial charge in [0.2, 0.25) is 11.7 Å². The van der Waals surface area contributed by atoms with Crippen LogP contribution in [0.2, 0.25) is 0 Å². The van der Waals surface area contributed by atoms with Gasteiger partial charge in [0.25, 0.3) is 5.91 Å². The molecule has 0 radical (unpaired) electrons. The normalized spacial score (nSPS) is 13.8. The number of nitrogens with zero attached hydrogens (tertiary/aromatic N) is 4. The van der Waals surface area contributed by atoms with Crippen molar-refractivity contribution in [2.45, 2.75) is 13.8 Å². The van der Waals surface area contributed by atoms with Crippen LogP contribution in [0.4, 0.5) is 11.8 Å². The number of benzene rings is 1. The lowest BCUT2D eigenvalue weighted by Gasteiger charge is -2.35. The van der Waals surface area contributed by atoms with Crippen molar-refractivity contribution in [2.75, 3.05) is 64.3 Å². The number of amides is 1. The van der Waals surface area contributed by atoms with E-state index in [-0.39, 0.29) is 5.91 Å². The molecule has 1 aliphatic rings. The summed E-state index contributed by atoms with van der Waals surface area (Å²) < 4.78 is 16.1. The van der Waals surface area contributed by atoms with Crippen molar-refractivity contribution in [1.82, 2.24) is 14.9 Å². The molecule has 0 unspecified atom stereocenters. The van der Waals surface area contributed by atoms with Crippen molar-refractivity contribution in [3.05, 3.63) is 29.5 Å². The summed E-state index contributed by atoms with van der Waals surface area (Å²) in [6.07, 6.45) is 0. The van der Waals surface area contributed by atoms with E-state index in [4.69, 9.17) is 14.2 Å². The molecule has 30 heavy (non-hydrogen) atoms. The lowest BCUT2D eigenvalue weighted by atomic mass is 10.1. The van der Waals surface area contributed by atoms with Gasteiger partial charge in [-0.15, -0.1) is 0 Å². The molecule has 0 saturated carbocycles. The molecular formula is C21H29N5O4. The summed E-state index contributed by atoms with van der Waals surface area (Å²) in [6, 6.07) is 5.34. The molecule has 9 heteroatoms. The Hall–Kier alpha value is -3.23. The predicted octanol–water partition coefficient (Wildman–Crippen LogP) is 2.21. The second kappa shape index (κ2) is 9.51. The second-order valence-electron chi connectivity index (χ2n) is 6.91. The first-order valence-electron chi connectivity index (χ1n) is 9.94. The van der Waals surface area contributed by atoms with Crippen LogP contribution in [0.15, 0.2) is 18.2 Å². The van der Waals surface area contributed by atoms with Gasteiger partial charge in [-0.1, -0.05) is 0 Å². The number of piperazine rings is 1.